The lowest BCUT2D eigenvalue weighted by Gasteiger charge is -2.17. The molecule has 0 aromatic carbocycles. The summed E-state index contributed by atoms with van der Waals surface area (Å²) in [5.74, 6) is -0.987. The second kappa shape index (κ2) is 41.1. The number of esters is 2. The van der Waals surface area contributed by atoms with Crippen molar-refractivity contribution < 1.29 is 31.6 Å². The zero-order chi connectivity index (χ0) is 38.9. The number of carbonyl (C=O) groups is 2. The van der Waals surface area contributed by atoms with Gasteiger partial charge in [-0.25, -0.2) is 0 Å². The van der Waals surface area contributed by atoms with Crippen LogP contribution in [-0.4, -0.2) is 68.1 Å². The van der Waals surface area contributed by atoms with E-state index in [9.17, 15) is 13.8 Å². The number of ether oxygens (including phenoxy) is 2. The summed E-state index contributed by atoms with van der Waals surface area (Å²) in [6.07, 6.45) is 43.6. The van der Waals surface area contributed by atoms with Gasteiger partial charge in [-0.15, -0.1) is 0 Å². The minimum atomic E-state index is -1.94. The number of rotatable bonds is 39. The van der Waals surface area contributed by atoms with Crippen molar-refractivity contribution in [2.75, 3.05) is 47.1 Å². The van der Waals surface area contributed by atoms with Crippen molar-refractivity contribution in [3.8, 4) is 0 Å². The molecule has 0 fully saturated rings. The molecule has 0 aliphatic rings. The van der Waals surface area contributed by atoms with Crippen LogP contribution in [0.2, 0.25) is 0 Å². The molecule has 53 heavy (non-hydrogen) atoms. The zero-order valence-electron chi connectivity index (χ0n) is 34.4. The topological polar surface area (TPSA) is 91.4 Å². The first kappa shape index (κ1) is 50.9. The van der Waals surface area contributed by atoms with Gasteiger partial charge in [-0.3, -0.25) is 18.0 Å². The van der Waals surface area contributed by atoms with Gasteiger partial charge in [-0.2, -0.15) is 4.21 Å². The highest BCUT2D eigenvalue weighted by Gasteiger charge is 2.18. The number of hydrogen-bond donors (Lipinski definition) is 0. The summed E-state index contributed by atoms with van der Waals surface area (Å²) >= 11 is -1.94. The van der Waals surface area contributed by atoms with Crippen molar-refractivity contribution in [3.05, 3.63) is 48.6 Å². The lowest BCUT2D eigenvalue weighted by molar-refractivity contribution is -0.149. The third kappa shape index (κ3) is 40.9. The fraction of sp³-hybridized carbons (Fsp3) is 0.773. The van der Waals surface area contributed by atoms with Crippen LogP contribution >= 0.6 is 0 Å². The minimum absolute atomic E-state index is 0.0114. The highest BCUT2D eigenvalue weighted by atomic mass is 32.2. The molecule has 308 valence electrons. The van der Waals surface area contributed by atoms with Crippen molar-refractivity contribution in [3.63, 3.8) is 0 Å². The third-order valence-electron chi connectivity index (χ3n) is 8.74. The van der Waals surface area contributed by atoms with Crippen LogP contribution in [0.25, 0.3) is 0 Å². The first-order chi connectivity index (χ1) is 25.9. The van der Waals surface area contributed by atoms with E-state index in [1.165, 1.54) is 51.4 Å². The maximum Gasteiger partial charge on any atom is 0.305 e. The summed E-state index contributed by atoms with van der Waals surface area (Å²) in [7, 11) is 3.80. The lowest BCUT2D eigenvalue weighted by Crippen LogP contribution is -2.26. The summed E-state index contributed by atoms with van der Waals surface area (Å²) in [6.45, 7) is 5.38. The van der Waals surface area contributed by atoms with Gasteiger partial charge >= 0.3 is 23.3 Å². The van der Waals surface area contributed by atoms with Crippen molar-refractivity contribution in [2.45, 2.75) is 168 Å². The Balaban J connectivity index is 4.24. The molecule has 0 aromatic heterocycles. The van der Waals surface area contributed by atoms with Crippen LogP contribution in [0, 0.1) is 5.92 Å². The molecule has 0 bridgehead atoms. The SMILES string of the molecule is CCCCC/C=C\C/C=C\CCCCCCCC(=O)OCC(COC(=O)CCCCCCC/C=C\C/C=C\CCCCC)COS(=O)OCCN(C)C. The van der Waals surface area contributed by atoms with Crippen LogP contribution in [0.3, 0.4) is 0 Å². The Labute approximate surface area is 328 Å². The predicted octanol–water partition coefficient (Wildman–Crippen LogP) is 11.5. The van der Waals surface area contributed by atoms with E-state index in [1.54, 1.807) is 0 Å². The molecule has 0 aromatic rings. The van der Waals surface area contributed by atoms with Gasteiger partial charge in [-0.1, -0.05) is 127 Å². The Morgan fingerprint density at radius 3 is 1.34 bits per heavy atom. The van der Waals surface area contributed by atoms with E-state index >= 15 is 0 Å². The van der Waals surface area contributed by atoms with Crippen LogP contribution in [0.4, 0.5) is 0 Å². The molecular weight excluding hydrogens is 687 g/mol. The van der Waals surface area contributed by atoms with Crippen LogP contribution in [0.15, 0.2) is 48.6 Å². The molecule has 1 unspecified atom stereocenters. The van der Waals surface area contributed by atoms with E-state index in [4.69, 9.17) is 17.8 Å². The standard InChI is InChI=1S/C44H79NO7S/c1-5-7-9-11-13-15-17-19-21-23-25-27-29-31-33-35-43(46)49-39-42(41-52-53(48)51-38-37-45(3)4)40-50-44(47)36-34-32-30-28-26-24-22-20-18-16-14-12-10-8-6-2/h13-16,19-22,42H,5-12,17-18,23-41H2,1-4H3/b15-13-,16-14-,21-19-,22-20-. The molecule has 1 atom stereocenters. The highest BCUT2D eigenvalue weighted by molar-refractivity contribution is 7.75. The maximum atomic E-state index is 12.4. The second-order valence-corrected chi connectivity index (χ2v) is 15.2. The zero-order valence-corrected chi connectivity index (χ0v) is 35.2. The van der Waals surface area contributed by atoms with E-state index in [2.05, 4.69) is 62.5 Å². The number of carbonyl (C=O) groups excluding carboxylic acids is 2. The van der Waals surface area contributed by atoms with E-state index < -0.39 is 17.3 Å². The Kier molecular flexibility index (Phi) is 39.5. The normalized spacial score (nSPS) is 12.8. The Bertz CT molecular complexity index is 917. The van der Waals surface area contributed by atoms with Crippen molar-refractivity contribution >= 4 is 23.3 Å². The third-order valence-corrected chi connectivity index (χ3v) is 9.43. The molecule has 0 heterocycles. The number of unbranched alkanes of at least 4 members (excludes halogenated alkanes) is 16. The summed E-state index contributed by atoms with van der Waals surface area (Å²) in [4.78, 5) is 26.8. The van der Waals surface area contributed by atoms with E-state index in [0.29, 0.717) is 19.4 Å². The van der Waals surface area contributed by atoms with Crippen molar-refractivity contribution in [1.29, 1.82) is 0 Å². The quantitative estimate of drug-likeness (QED) is 0.0347. The number of nitrogens with zero attached hydrogens (tertiary/aromatic N) is 1. The van der Waals surface area contributed by atoms with Crippen molar-refractivity contribution in [1.82, 2.24) is 4.90 Å². The van der Waals surface area contributed by atoms with Crippen LogP contribution in [0.1, 0.15) is 168 Å². The Hall–Kier alpha value is -2.07. The van der Waals surface area contributed by atoms with E-state index in [1.807, 2.05) is 19.0 Å². The minimum Gasteiger partial charge on any atom is -0.465 e. The predicted molar refractivity (Wildman–Crippen MR) is 223 cm³/mol. The average Bonchev–Trinajstić information content (AvgIpc) is 3.14. The largest absolute Gasteiger partial charge is 0.465 e. The summed E-state index contributed by atoms with van der Waals surface area (Å²) in [5, 5.41) is 0. The van der Waals surface area contributed by atoms with E-state index in [-0.39, 0.29) is 38.4 Å². The highest BCUT2D eigenvalue weighted by Crippen LogP contribution is 2.12. The molecular formula is C44H79NO7S. The van der Waals surface area contributed by atoms with Gasteiger partial charge < -0.3 is 14.4 Å². The van der Waals surface area contributed by atoms with Gasteiger partial charge in [0.2, 0.25) is 0 Å². The number of hydrogen-bond acceptors (Lipinski definition) is 8. The average molecular weight is 766 g/mol. The van der Waals surface area contributed by atoms with Crippen molar-refractivity contribution in [2.24, 2.45) is 5.92 Å². The molecule has 0 rings (SSSR count). The molecule has 9 heteroatoms. The smallest absolute Gasteiger partial charge is 0.305 e. The molecule has 0 amide bonds. The molecule has 0 aliphatic carbocycles. The van der Waals surface area contributed by atoms with Crippen LogP contribution in [0.5, 0.6) is 0 Å². The van der Waals surface area contributed by atoms with Gasteiger partial charge in [-0.05, 0) is 91.1 Å². The lowest BCUT2D eigenvalue weighted by atomic mass is 10.1. The molecule has 0 aliphatic heterocycles. The fourth-order valence-corrected chi connectivity index (χ4v) is 5.93. The summed E-state index contributed by atoms with van der Waals surface area (Å²) < 4.78 is 33.8. The van der Waals surface area contributed by atoms with Gasteiger partial charge in [0, 0.05) is 19.4 Å². The second-order valence-electron chi connectivity index (χ2n) is 14.3. The molecule has 8 nitrogen and oxygen atoms in total. The number of likely N-dealkylation sites (N-methyl/N-ethyl adjacent to an activating group) is 1. The molecule has 0 saturated heterocycles. The van der Waals surface area contributed by atoms with Gasteiger partial charge in [0.05, 0.1) is 32.3 Å². The van der Waals surface area contributed by atoms with E-state index in [0.717, 1.165) is 89.9 Å². The first-order valence-electron chi connectivity index (χ1n) is 21.1. The fourth-order valence-electron chi connectivity index (χ4n) is 5.35. The molecule has 0 N–H and O–H groups in total. The van der Waals surface area contributed by atoms with Gasteiger partial charge in [0.25, 0.3) is 0 Å². The summed E-state index contributed by atoms with van der Waals surface area (Å²) in [5.41, 5.74) is 0. The number of allylic oxidation sites excluding steroid dienone is 8. The first-order valence-corrected chi connectivity index (χ1v) is 22.1. The molecule has 0 saturated carbocycles. The van der Waals surface area contributed by atoms with Crippen LogP contribution in [-0.2, 0) is 38.8 Å². The van der Waals surface area contributed by atoms with Gasteiger partial charge in [0.15, 0.2) is 0 Å². The molecule has 0 spiro atoms. The Morgan fingerprint density at radius 1 is 0.528 bits per heavy atom. The summed E-state index contributed by atoms with van der Waals surface area (Å²) in [6, 6.07) is 0. The monoisotopic (exact) mass is 766 g/mol. The van der Waals surface area contributed by atoms with Gasteiger partial charge in [0.1, 0.15) is 0 Å². The van der Waals surface area contributed by atoms with Crippen LogP contribution < -0.4 is 0 Å². The molecule has 0 radical (unpaired) electrons. The Morgan fingerprint density at radius 2 is 0.925 bits per heavy atom. The maximum absolute atomic E-state index is 12.4.